The van der Waals surface area contributed by atoms with Crippen molar-refractivity contribution in [1.82, 2.24) is 19.9 Å². The number of nitrogens with one attached hydrogen (secondary N) is 1. The monoisotopic (exact) mass is 385 g/mol. The normalized spacial score (nSPS) is 10.5. The third-order valence-corrected chi connectivity index (χ3v) is 4.23. The quantitative estimate of drug-likeness (QED) is 0.563. The fourth-order valence-corrected chi connectivity index (χ4v) is 2.79. The predicted octanol–water partition coefficient (Wildman–Crippen LogP) is 3.92. The number of halogens is 1. The van der Waals surface area contributed by atoms with E-state index in [1.54, 1.807) is 43.1 Å². The van der Waals surface area contributed by atoms with Gasteiger partial charge in [-0.1, -0.05) is 18.2 Å². The Morgan fingerprint density at radius 1 is 0.862 bits per heavy atom. The Kier molecular flexibility index (Phi) is 5.29. The smallest absolute Gasteiger partial charge is 0.231 e. The lowest BCUT2D eigenvalue weighted by Gasteiger charge is -2.06. The Morgan fingerprint density at radius 2 is 1.66 bits per heavy atom. The van der Waals surface area contributed by atoms with Gasteiger partial charge in [-0.15, -0.1) is 0 Å². The van der Waals surface area contributed by atoms with Crippen molar-refractivity contribution in [2.24, 2.45) is 0 Å². The van der Waals surface area contributed by atoms with Crippen LogP contribution in [0.15, 0.2) is 79.5 Å². The summed E-state index contributed by atoms with van der Waals surface area (Å²) in [6, 6.07) is 13.6. The molecule has 1 N–H and O–H groups in total. The van der Waals surface area contributed by atoms with Crippen LogP contribution in [0, 0.1) is 5.82 Å². The molecule has 4 aromatic rings. The molecular weight excluding hydrogens is 369 g/mol. The summed E-state index contributed by atoms with van der Waals surface area (Å²) in [5, 5.41) is 2.66. The third-order valence-electron chi connectivity index (χ3n) is 4.23. The van der Waals surface area contributed by atoms with Crippen molar-refractivity contribution >= 4 is 11.9 Å². The van der Waals surface area contributed by atoms with Crippen LogP contribution in [-0.4, -0.2) is 25.8 Å². The van der Waals surface area contributed by atoms with Crippen LogP contribution in [0.5, 0.6) is 0 Å². The van der Waals surface area contributed by atoms with Gasteiger partial charge >= 0.3 is 0 Å². The van der Waals surface area contributed by atoms with Gasteiger partial charge in [0.15, 0.2) is 0 Å². The Balaban J connectivity index is 1.38. The third kappa shape index (κ3) is 4.65. The minimum atomic E-state index is -0.330. The topological polar surface area (TPSA) is 80.7 Å². The minimum absolute atomic E-state index is 0.151. The SMILES string of the molecule is O=C(Cc1ccc(-c2ccncc2)nc1)Nc1ncc(-c2cccc(F)c2)cn1. The zero-order valence-corrected chi connectivity index (χ0v) is 15.3. The Labute approximate surface area is 166 Å². The predicted molar refractivity (Wildman–Crippen MR) is 107 cm³/mol. The number of hydrogen-bond donors (Lipinski definition) is 1. The Morgan fingerprint density at radius 3 is 2.34 bits per heavy atom. The highest BCUT2D eigenvalue weighted by atomic mass is 19.1. The summed E-state index contributed by atoms with van der Waals surface area (Å²) in [6.07, 6.45) is 8.32. The zero-order chi connectivity index (χ0) is 20.1. The van der Waals surface area contributed by atoms with Gasteiger partial charge in [-0.3, -0.25) is 20.1 Å². The minimum Gasteiger partial charge on any atom is -0.294 e. The summed E-state index contributed by atoms with van der Waals surface area (Å²) in [5.41, 5.74) is 3.88. The molecule has 0 saturated carbocycles. The lowest BCUT2D eigenvalue weighted by Crippen LogP contribution is -2.16. The van der Waals surface area contributed by atoms with Crippen molar-refractivity contribution in [1.29, 1.82) is 0 Å². The largest absolute Gasteiger partial charge is 0.294 e. The maximum Gasteiger partial charge on any atom is 0.231 e. The number of benzene rings is 1. The van der Waals surface area contributed by atoms with Gasteiger partial charge in [0.2, 0.25) is 11.9 Å². The molecule has 0 saturated heterocycles. The van der Waals surface area contributed by atoms with E-state index in [1.807, 2.05) is 24.3 Å². The van der Waals surface area contributed by atoms with E-state index in [0.717, 1.165) is 16.8 Å². The average Bonchev–Trinajstić information content (AvgIpc) is 2.75. The van der Waals surface area contributed by atoms with E-state index in [9.17, 15) is 9.18 Å². The van der Waals surface area contributed by atoms with Crippen molar-refractivity contribution in [3.05, 3.63) is 90.9 Å². The number of anilines is 1. The maximum absolute atomic E-state index is 13.3. The first kappa shape index (κ1) is 18.4. The number of amides is 1. The van der Waals surface area contributed by atoms with Crippen molar-refractivity contribution < 1.29 is 9.18 Å². The van der Waals surface area contributed by atoms with Crippen LogP contribution < -0.4 is 5.32 Å². The van der Waals surface area contributed by atoms with Crippen LogP contribution >= 0.6 is 0 Å². The number of hydrogen-bond acceptors (Lipinski definition) is 5. The first-order valence-corrected chi connectivity index (χ1v) is 8.90. The summed E-state index contributed by atoms with van der Waals surface area (Å²) in [7, 11) is 0. The fourth-order valence-electron chi connectivity index (χ4n) is 2.79. The molecule has 0 unspecified atom stereocenters. The molecule has 0 fully saturated rings. The van der Waals surface area contributed by atoms with Crippen molar-refractivity contribution in [2.75, 3.05) is 5.32 Å². The number of aromatic nitrogens is 4. The molecule has 4 rings (SSSR count). The van der Waals surface area contributed by atoms with Gasteiger partial charge in [0.1, 0.15) is 5.82 Å². The number of carbonyl (C=O) groups is 1. The van der Waals surface area contributed by atoms with Gasteiger partial charge in [0.05, 0.1) is 12.1 Å². The maximum atomic E-state index is 13.3. The molecule has 142 valence electrons. The van der Waals surface area contributed by atoms with Gasteiger partial charge in [0, 0.05) is 42.1 Å². The van der Waals surface area contributed by atoms with Gasteiger partial charge in [0.25, 0.3) is 0 Å². The average molecular weight is 385 g/mol. The van der Waals surface area contributed by atoms with Gasteiger partial charge < -0.3 is 0 Å². The van der Waals surface area contributed by atoms with Gasteiger partial charge in [-0.25, -0.2) is 14.4 Å². The Hall–Kier alpha value is -4.00. The highest BCUT2D eigenvalue weighted by molar-refractivity contribution is 5.90. The van der Waals surface area contributed by atoms with Crippen LogP contribution in [0.1, 0.15) is 5.56 Å². The van der Waals surface area contributed by atoms with Crippen molar-refractivity contribution in [3.8, 4) is 22.4 Å². The molecular formula is C22H16FN5O. The summed E-state index contributed by atoms with van der Waals surface area (Å²) >= 11 is 0. The van der Waals surface area contributed by atoms with E-state index in [2.05, 4.69) is 25.3 Å². The highest BCUT2D eigenvalue weighted by Gasteiger charge is 2.08. The van der Waals surface area contributed by atoms with Crippen LogP contribution in [-0.2, 0) is 11.2 Å². The van der Waals surface area contributed by atoms with E-state index in [-0.39, 0.29) is 24.1 Å². The molecule has 0 aliphatic heterocycles. The van der Waals surface area contributed by atoms with Crippen molar-refractivity contribution in [3.63, 3.8) is 0 Å². The molecule has 3 heterocycles. The highest BCUT2D eigenvalue weighted by Crippen LogP contribution is 2.19. The molecule has 7 heteroatoms. The fraction of sp³-hybridized carbons (Fsp3) is 0.0455. The number of rotatable bonds is 5. The molecule has 0 aliphatic rings. The van der Waals surface area contributed by atoms with E-state index < -0.39 is 0 Å². The Bertz CT molecular complexity index is 1120. The molecule has 1 aromatic carbocycles. The van der Waals surface area contributed by atoms with E-state index in [1.165, 1.54) is 12.1 Å². The summed E-state index contributed by atoms with van der Waals surface area (Å²) in [5.74, 6) is -0.387. The number of nitrogens with zero attached hydrogens (tertiary/aromatic N) is 4. The molecule has 3 aromatic heterocycles. The second kappa shape index (κ2) is 8.35. The van der Waals surface area contributed by atoms with Gasteiger partial charge in [-0.2, -0.15) is 0 Å². The first-order chi connectivity index (χ1) is 14.2. The molecule has 6 nitrogen and oxygen atoms in total. The second-order valence-corrected chi connectivity index (χ2v) is 6.32. The molecule has 1 amide bonds. The molecule has 0 spiro atoms. The second-order valence-electron chi connectivity index (χ2n) is 6.32. The van der Waals surface area contributed by atoms with Crippen LogP contribution in [0.4, 0.5) is 10.3 Å². The number of pyridine rings is 2. The molecule has 0 bridgehead atoms. The molecule has 0 atom stereocenters. The zero-order valence-electron chi connectivity index (χ0n) is 15.3. The lowest BCUT2D eigenvalue weighted by molar-refractivity contribution is -0.115. The van der Waals surface area contributed by atoms with E-state index >= 15 is 0 Å². The summed E-state index contributed by atoms with van der Waals surface area (Å²) in [6.45, 7) is 0. The number of carbonyl (C=O) groups excluding carboxylic acids is 1. The standard InChI is InChI=1S/C22H16FN5O/c23-19-3-1-2-17(11-19)18-13-26-22(27-14-18)28-21(29)10-15-4-5-20(25-12-15)16-6-8-24-9-7-16/h1-9,11-14H,10H2,(H,26,27,28,29). The lowest BCUT2D eigenvalue weighted by atomic mass is 10.1. The van der Waals surface area contributed by atoms with Crippen LogP contribution in [0.3, 0.4) is 0 Å². The molecule has 0 aliphatic carbocycles. The summed E-state index contributed by atoms with van der Waals surface area (Å²) in [4.78, 5) is 28.9. The van der Waals surface area contributed by atoms with E-state index in [4.69, 9.17) is 0 Å². The van der Waals surface area contributed by atoms with Gasteiger partial charge in [-0.05, 0) is 41.5 Å². The van der Waals surface area contributed by atoms with Crippen LogP contribution in [0.25, 0.3) is 22.4 Å². The first-order valence-electron chi connectivity index (χ1n) is 8.90. The molecule has 29 heavy (non-hydrogen) atoms. The summed E-state index contributed by atoms with van der Waals surface area (Å²) < 4.78 is 13.3. The molecule has 0 radical (unpaired) electrons. The van der Waals surface area contributed by atoms with Crippen LogP contribution in [0.2, 0.25) is 0 Å². The van der Waals surface area contributed by atoms with E-state index in [0.29, 0.717) is 11.1 Å². The van der Waals surface area contributed by atoms with Crippen molar-refractivity contribution in [2.45, 2.75) is 6.42 Å².